The maximum atomic E-state index is 12.9. The molecule has 0 aliphatic rings. The molecule has 0 aliphatic carbocycles. The molecule has 0 radical (unpaired) electrons. The molecule has 8 heteroatoms. The van der Waals surface area contributed by atoms with Crippen molar-refractivity contribution in [2.75, 3.05) is 26.4 Å². The second-order valence-electron chi connectivity index (χ2n) is 19.3. The second kappa shape index (κ2) is 24.2. The summed E-state index contributed by atoms with van der Waals surface area (Å²) >= 11 is 0. The van der Waals surface area contributed by atoms with Crippen molar-refractivity contribution in [2.45, 2.75) is 150 Å². The summed E-state index contributed by atoms with van der Waals surface area (Å²) in [4.78, 5) is 51.0. The third-order valence-corrected chi connectivity index (χ3v) is 7.53. The number of ether oxygens (including phenoxy) is 4. The van der Waals surface area contributed by atoms with Gasteiger partial charge in [-0.25, -0.2) is 0 Å². The molecule has 0 saturated heterocycles. The van der Waals surface area contributed by atoms with Crippen LogP contribution in [-0.4, -0.2) is 50.3 Å². The van der Waals surface area contributed by atoms with E-state index in [0.717, 1.165) is 0 Å². The molecule has 296 valence electrons. The highest BCUT2D eigenvalue weighted by Gasteiger charge is 2.41. The van der Waals surface area contributed by atoms with Gasteiger partial charge in [-0.15, -0.1) is 0 Å². The first-order chi connectivity index (χ1) is 22.7. The van der Waals surface area contributed by atoms with Crippen LogP contribution < -0.4 is 0 Å². The first-order valence-electron chi connectivity index (χ1n) is 19.3. The summed E-state index contributed by atoms with van der Waals surface area (Å²) in [5, 5.41) is 0. The van der Waals surface area contributed by atoms with Crippen molar-refractivity contribution in [3.8, 4) is 0 Å². The molecule has 0 bridgehead atoms. The molecular formula is C42H80O8. The third kappa shape index (κ3) is 25.8. The van der Waals surface area contributed by atoms with Crippen molar-refractivity contribution >= 4 is 23.9 Å². The van der Waals surface area contributed by atoms with Gasteiger partial charge in [0.05, 0.1) is 50.1 Å². The van der Waals surface area contributed by atoms with Crippen molar-refractivity contribution < 1.29 is 38.1 Å². The van der Waals surface area contributed by atoms with E-state index in [1.165, 1.54) is 0 Å². The lowest BCUT2D eigenvalue weighted by Gasteiger charge is -2.33. The van der Waals surface area contributed by atoms with Gasteiger partial charge in [-0.3, -0.25) is 19.2 Å². The summed E-state index contributed by atoms with van der Waals surface area (Å²) in [5.74, 6) is -1.15. The molecule has 0 amide bonds. The Morgan fingerprint density at radius 3 is 0.720 bits per heavy atom. The molecule has 0 aromatic rings. The van der Waals surface area contributed by atoms with E-state index in [0.29, 0.717) is 63.9 Å². The van der Waals surface area contributed by atoms with Crippen molar-refractivity contribution in [1.82, 2.24) is 0 Å². The van der Waals surface area contributed by atoms with E-state index in [1.54, 1.807) is 0 Å². The zero-order valence-electron chi connectivity index (χ0n) is 35.7. The second-order valence-corrected chi connectivity index (χ2v) is 19.3. The Morgan fingerprint density at radius 2 is 0.560 bits per heavy atom. The van der Waals surface area contributed by atoms with Gasteiger partial charge in [-0.2, -0.15) is 0 Å². The summed E-state index contributed by atoms with van der Waals surface area (Å²) in [6, 6.07) is 0. The van der Waals surface area contributed by atoms with E-state index in [-0.39, 0.29) is 58.4 Å². The minimum Gasteiger partial charge on any atom is -0.465 e. The number of rotatable bonds is 20. The van der Waals surface area contributed by atoms with Crippen LogP contribution in [0.1, 0.15) is 150 Å². The van der Waals surface area contributed by atoms with E-state index >= 15 is 0 Å². The van der Waals surface area contributed by atoms with E-state index < -0.39 is 23.7 Å². The van der Waals surface area contributed by atoms with Crippen LogP contribution in [0, 0.1) is 70.0 Å². The molecule has 0 aromatic heterocycles. The largest absolute Gasteiger partial charge is 0.465 e. The average molecular weight is 713 g/mol. The average Bonchev–Trinajstić information content (AvgIpc) is 2.94. The Bertz CT molecular complexity index is 887. The Labute approximate surface area is 308 Å². The van der Waals surface area contributed by atoms with Gasteiger partial charge >= 0.3 is 23.9 Å². The quantitative estimate of drug-likeness (QED) is 0.0907. The number of carbonyl (C=O) groups is 4. The van der Waals surface area contributed by atoms with Crippen LogP contribution in [0.4, 0.5) is 0 Å². The molecule has 0 fully saturated rings. The fraction of sp³-hybridized carbons (Fsp3) is 0.905. The molecule has 0 N–H and O–H groups in total. The first kappa shape index (κ1) is 50.0. The van der Waals surface area contributed by atoms with Gasteiger partial charge in [-0.1, -0.05) is 125 Å². The predicted molar refractivity (Wildman–Crippen MR) is 204 cm³/mol. The van der Waals surface area contributed by atoms with Crippen LogP contribution in [0.5, 0.6) is 0 Å². The first-order valence-corrected chi connectivity index (χ1v) is 19.3. The van der Waals surface area contributed by atoms with Crippen LogP contribution in [0.3, 0.4) is 0 Å². The summed E-state index contributed by atoms with van der Waals surface area (Å²) in [5.41, 5.74) is -0.175. The van der Waals surface area contributed by atoms with Crippen molar-refractivity contribution in [1.29, 1.82) is 0 Å². The van der Waals surface area contributed by atoms with Gasteiger partial charge in [0.1, 0.15) is 0 Å². The Balaban J connectivity index is 0. The minimum atomic E-state index is -0.479. The Kier molecular flexibility index (Phi) is 24.2. The van der Waals surface area contributed by atoms with Gasteiger partial charge in [0.15, 0.2) is 0 Å². The number of esters is 4. The van der Waals surface area contributed by atoms with Crippen LogP contribution in [0.2, 0.25) is 0 Å². The van der Waals surface area contributed by atoms with Crippen molar-refractivity contribution in [3.05, 3.63) is 0 Å². The molecule has 0 saturated carbocycles. The summed E-state index contributed by atoms with van der Waals surface area (Å²) in [6.45, 7) is 38.4. The van der Waals surface area contributed by atoms with E-state index in [4.69, 9.17) is 18.9 Å². The molecule has 0 aliphatic heterocycles. The maximum absolute atomic E-state index is 12.9. The van der Waals surface area contributed by atoms with Gasteiger partial charge < -0.3 is 18.9 Å². The Hall–Kier alpha value is -2.12. The highest BCUT2D eigenvalue weighted by atomic mass is 16.5. The third-order valence-electron chi connectivity index (χ3n) is 7.53. The molecule has 4 unspecified atom stereocenters. The van der Waals surface area contributed by atoms with E-state index in [2.05, 4.69) is 69.2 Å². The minimum absolute atomic E-state index is 0.0873. The zero-order chi connectivity index (χ0) is 39.6. The topological polar surface area (TPSA) is 105 Å². The van der Waals surface area contributed by atoms with E-state index in [1.807, 2.05) is 55.4 Å². The lowest BCUT2D eigenvalue weighted by atomic mass is 9.73. The smallest absolute Gasteiger partial charge is 0.309 e. The van der Waals surface area contributed by atoms with Crippen LogP contribution in [0.25, 0.3) is 0 Å². The van der Waals surface area contributed by atoms with Crippen LogP contribution >= 0.6 is 0 Å². The zero-order valence-corrected chi connectivity index (χ0v) is 35.7. The van der Waals surface area contributed by atoms with Gasteiger partial charge in [0, 0.05) is 0 Å². The van der Waals surface area contributed by atoms with Crippen molar-refractivity contribution in [2.24, 2.45) is 70.0 Å². The van der Waals surface area contributed by atoms with Gasteiger partial charge in [-0.05, 0) is 72.0 Å². The normalized spacial score (nSPS) is 14.7. The van der Waals surface area contributed by atoms with E-state index in [9.17, 15) is 19.2 Å². The molecule has 8 nitrogen and oxygen atoms in total. The highest BCUT2D eigenvalue weighted by molar-refractivity contribution is 5.83. The molecule has 50 heavy (non-hydrogen) atoms. The SMILES string of the molecule is CC(C)COC(=O)C(CC(C)(C)C)C(CC(C)(C)C)C(=O)OCC(C)C.CC(C)COC(=O)C(CC(C)C)C(CC(C)C)C(=O)OCC(C)C. The lowest BCUT2D eigenvalue weighted by Crippen LogP contribution is -2.38. The summed E-state index contributed by atoms with van der Waals surface area (Å²) < 4.78 is 22.0. The molecule has 0 rings (SSSR count). The fourth-order valence-electron chi connectivity index (χ4n) is 5.39. The van der Waals surface area contributed by atoms with Gasteiger partial charge in [0.25, 0.3) is 0 Å². The summed E-state index contributed by atoms with van der Waals surface area (Å²) in [6.07, 6.45) is 2.49. The standard InChI is InChI=1S/C22H42O4.C20H38O4/c1-15(2)13-25-19(23)17(11-21(5,6)7)18(12-22(8,9)10)20(24)26-14-16(3)4;1-13(2)9-17(19(21)23-11-15(5)6)18(10-14(3)4)20(22)24-12-16(7)8/h15-18H,11-14H2,1-10H3;13-18H,9-12H2,1-8H3. The molecule has 0 aromatic carbocycles. The molecule has 0 heterocycles. The lowest BCUT2D eigenvalue weighted by molar-refractivity contribution is -0.164. The fourth-order valence-corrected chi connectivity index (χ4v) is 5.39. The molecular weight excluding hydrogens is 632 g/mol. The molecule has 0 spiro atoms. The van der Waals surface area contributed by atoms with Gasteiger partial charge in [0.2, 0.25) is 0 Å². The Morgan fingerprint density at radius 1 is 0.360 bits per heavy atom. The monoisotopic (exact) mass is 713 g/mol. The van der Waals surface area contributed by atoms with Crippen LogP contribution in [0.15, 0.2) is 0 Å². The predicted octanol–water partition coefficient (Wildman–Crippen LogP) is 10.2. The van der Waals surface area contributed by atoms with Crippen LogP contribution in [-0.2, 0) is 38.1 Å². The molecule has 4 atom stereocenters. The maximum Gasteiger partial charge on any atom is 0.309 e. The number of hydrogen-bond acceptors (Lipinski definition) is 8. The number of hydrogen-bond donors (Lipinski definition) is 0. The highest BCUT2D eigenvalue weighted by Crippen LogP contribution is 2.37. The number of carbonyl (C=O) groups excluding carboxylic acids is 4. The van der Waals surface area contributed by atoms with Crippen molar-refractivity contribution in [3.63, 3.8) is 0 Å². The summed E-state index contributed by atoms with van der Waals surface area (Å²) in [7, 11) is 0.